The molecule has 7 aliphatic rings. The summed E-state index contributed by atoms with van der Waals surface area (Å²) in [5.74, 6) is 14.9. The quantitative estimate of drug-likeness (QED) is 0.393. The largest absolute Gasteiger partial charge is 0.0622 e. The lowest BCUT2D eigenvalue weighted by molar-refractivity contribution is -0.175. The van der Waals surface area contributed by atoms with Gasteiger partial charge in [0.25, 0.3) is 0 Å². The van der Waals surface area contributed by atoms with Gasteiger partial charge in [-0.05, 0) is 158 Å². The minimum absolute atomic E-state index is 0.805. The van der Waals surface area contributed by atoms with Crippen molar-refractivity contribution in [3.05, 3.63) is 71.8 Å². The molecule has 0 N–H and O–H groups in total. The first kappa shape index (κ1) is 22.3. The summed E-state index contributed by atoms with van der Waals surface area (Å²) in [6.45, 7) is 2.66. The molecule has 0 heterocycles. The van der Waals surface area contributed by atoms with E-state index in [-0.39, 0.29) is 0 Å². The fourth-order valence-electron chi connectivity index (χ4n) is 13.8. The van der Waals surface area contributed by atoms with Gasteiger partial charge in [-0.15, -0.1) is 0 Å². The van der Waals surface area contributed by atoms with Gasteiger partial charge in [0.2, 0.25) is 0 Å². The Morgan fingerprint density at radius 1 is 0.432 bits per heavy atom. The summed E-state index contributed by atoms with van der Waals surface area (Å²) >= 11 is 0. The molecule has 0 nitrogen and oxygen atoms in total. The van der Waals surface area contributed by atoms with E-state index in [9.17, 15) is 0 Å². The van der Waals surface area contributed by atoms with Gasteiger partial charge in [-0.3, -0.25) is 0 Å². The van der Waals surface area contributed by atoms with Gasteiger partial charge in [-0.2, -0.15) is 0 Å². The van der Waals surface area contributed by atoms with E-state index in [4.69, 9.17) is 0 Å². The number of benzene rings is 2. The van der Waals surface area contributed by atoms with Crippen LogP contribution in [0.4, 0.5) is 0 Å². The maximum absolute atomic E-state index is 2.66. The van der Waals surface area contributed by atoms with Crippen molar-refractivity contribution < 1.29 is 0 Å². The molecule has 15 unspecified atom stereocenters. The SMILES string of the molecule is CC1CC2C(c3ccccc3)CC3C4CCC5CCC6CCC(C7CC(c8ccccc8)C1C2C37)C4C56. The van der Waals surface area contributed by atoms with Crippen molar-refractivity contribution in [2.75, 3.05) is 0 Å². The number of hydrogen-bond acceptors (Lipinski definition) is 0. The predicted molar refractivity (Wildman–Crippen MR) is 151 cm³/mol. The maximum atomic E-state index is 2.66. The minimum atomic E-state index is 0.805. The first-order valence-electron chi connectivity index (χ1n) is 16.4. The monoisotopic (exact) mass is 490 g/mol. The highest BCUT2D eigenvalue weighted by Crippen LogP contribution is 2.74. The van der Waals surface area contributed by atoms with E-state index in [1.165, 1.54) is 19.3 Å². The van der Waals surface area contributed by atoms with E-state index in [0.29, 0.717) is 0 Å². The van der Waals surface area contributed by atoms with Gasteiger partial charge in [-0.25, -0.2) is 0 Å². The van der Waals surface area contributed by atoms with Gasteiger partial charge in [-0.1, -0.05) is 67.6 Å². The number of hydrogen-bond donors (Lipinski definition) is 0. The van der Waals surface area contributed by atoms with Gasteiger partial charge < -0.3 is 0 Å². The summed E-state index contributed by atoms with van der Waals surface area (Å²) in [7, 11) is 0. The average Bonchev–Trinajstić information content (AvgIpc) is 3.54. The molecule has 0 bridgehead atoms. The molecule has 7 saturated carbocycles. The number of fused-ring (bicyclic) bond motifs is 2. The molecule has 0 aromatic heterocycles. The Hall–Kier alpha value is -1.56. The molecule has 0 aliphatic heterocycles. The lowest BCUT2D eigenvalue weighted by Gasteiger charge is -2.67. The maximum Gasteiger partial charge on any atom is -0.0125 e. The van der Waals surface area contributed by atoms with Crippen molar-refractivity contribution in [3.8, 4) is 0 Å². The zero-order valence-electron chi connectivity index (χ0n) is 22.8. The first-order valence-corrected chi connectivity index (χ1v) is 16.4. The molecule has 15 atom stereocenters. The molecule has 0 saturated heterocycles. The predicted octanol–water partition coefficient (Wildman–Crippen LogP) is 9.19. The van der Waals surface area contributed by atoms with E-state index in [2.05, 4.69) is 67.6 Å². The highest BCUT2D eigenvalue weighted by Gasteiger charge is 2.67. The number of rotatable bonds is 2. The van der Waals surface area contributed by atoms with Crippen LogP contribution in [-0.4, -0.2) is 0 Å². The van der Waals surface area contributed by atoms with Gasteiger partial charge in [0.15, 0.2) is 0 Å². The molecular formula is C37H46. The Morgan fingerprint density at radius 3 is 1.57 bits per heavy atom. The Kier molecular flexibility index (Phi) is 4.95. The topological polar surface area (TPSA) is 0 Å². The summed E-state index contributed by atoms with van der Waals surface area (Å²) in [5, 5.41) is 0. The van der Waals surface area contributed by atoms with Crippen LogP contribution in [0.25, 0.3) is 0 Å². The third-order valence-electron chi connectivity index (χ3n) is 14.4. The molecule has 0 heteroatoms. The second kappa shape index (κ2) is 8.22. The molecule has 0 amide bonds. The normalized spacial score (nSPS) is 52.8. The lowest BCUT2D eigenvalue weighted by atomic mass is 9.38. The Labute approximate surface area is 225 Å². The molecule has 194 valence electrons. The van der Waals surface area contributed by atoms with Crippen LogP contribution in [0.15, 0.2) is 60.7 Å². The van der Waals surface area contributed by atoms with Gasteiger partial charge in [0, 0.05) is 0 Å². The fourth-order valence-corrected chi connectivity index (χ4v) is 13.8. The summed E-state index contributed by atoms with van der Waals surface area (Å²) in [4.78, 5) is 0. The first-order chi connectivity index (χ1) is 18.3. The molecule has 0 radical (unpaired) electrons. The average molecular weight is 491 g/mol. The van der Waals surface area contributed by atoms with Crippen molar-refractivity contribution in [1.82, 2.24) is 0 Å². The second-order valence-corrected chi connectivity index (χ2v) is 15.2. The van der Waals surface area contributed by atoms with E-state index in [0.717, 1.165) is 88.8 Å². The Balaban J connectivity index is 1.20. The van der Waals surface area contributed by atoms with Crippen molar-refractivity contribution in [2.45, 2.75) is 76.5 Å². The zero-order chi connectivity index (χ0) is 24.2. The summed E-state index contributed by atoms with van der Waals surface area (Å²) in [6, 6.07) is 23.9. The van der Waals surface area contributed by atoms with Gasteiger partial charge in [0.1, 0.15) is 0 Å². The van der Waals surface area contributed by atoms with Gasteiger partial charge >= 0.3 is 0 Å². The van der Waals surface area contributed by atoms with Gasteiger partial charge in [0.05, 0.1) is 0 Å². The Morgan fingerprint density at radius 2 is 0.946 bits per heavy atom. The second-order valence-electron chi connectivity index (χ2n) is 15.2. The highest BCUT2D eigenvalue weighted by atomic mass is 14.7. The molecule has 2 aromatic rings. The van der Waals surface area contributed by atoms with Crippen LogP contribution in [-0.2, 0) is 0 Å². The summed E-state index contributed by atoms with van der Waals surface area (Å²) < 4.78 is 0. The smallest absolute Gasteiger partial charge is 0.0125 e. The van der Waals surface area contributed by atoms with Crippen LogP contribution in [0.1, 0.15) is 87.7 Å². The highest BCUT2D eigenvalue weighted by molar-refractivity contribution is 5.29. The van der Waals surface area contributed by atoms with Crippen molar-refractivity contribution >= 4 is 0 Å². The molecule has 2 aromatic carbocycles. The van der Waals surface area contributed by atoms with Crippen LogP contribution >= 0.6 is 0 Å². The minimum Gasteiger partial charge on any atom is -0.0622 e. The molecule has 7 fully saturated rings. The van der Waals surface area contributed by atoms with Crippen LogP contribution in [0, 0.1) is 76.9 Å². The molecule has 37 heavy (non-hydrogen) atoms. The van der Waals surface area contributed by atoms with E-state index >= 15 is 0 Å². The lowest BCUT2D eigenvalue weighted by Crippen LogP contribution is -2.61. The molecule has 0 spiro atoms. The van der Waals surface area contributed by atoms with Crippen molar-refractivity contribution in [3.63, 3.8) is 0 Å². The van der Waals surface area contributed by atoms with E-state index < -0.39 is 0 Å². The Bertz CT molecular complexity index is 1110. The summed E-state index contributed by atoms with van der Waals surface area (Å²) in [5.41, 5.74) is 3.38. The van der Waals surface area contributed by atoms with Crippen molar-refractivity contribution in [2.24, 2.45) is 76.9 Å². The van der Waals surface area contributed by atoms with Crippen LogP contribution < -0.4 is 0 Å². The van der Waals surface area contributed by atoms with Crippen LogP contribution in [0.5, 0.6) is 0 Å². The molecule has 7 aliphatic carbocycles. The molecular weight excluding hydrogens is 444 g/mol. The van der Waals surface area contributed by atoms with E-state index in [1.54, 1.807) is 49.7 Å². The standard InChI is InChI=1S/C37H46/c1-21-18-30-28(22-8-4-2-5-9-22)19-31-26-16-14-24-12-13-25-15-17-27(35(26)34(24)25)32-20-29(23-10-6-3-7-11-23)33(21)37(30)36(31)32/h2-11,21,24-37H,12-20H2,1H3. The fraction of sp³-hybridized carbons (Fsp3) is 0.676. The van der Waals surface area contributed by atoms with Crippen molar-refractivity contribution in [1.29, 1.82) is 0 Å². The van der Waals surface area contributed by atoms with Crippen LogP contribution in [0.2, 0.25) is 0 Å². The van der Waals surface area contributed by atoms with Crippen LogP contribution in [0.3, 0.4) is 0 Å². The molecule has 9 rings (SSSR count). The third-order valence-corrected chi connectivity index (χ3v) is 14.4. The summed E-state index contributed by atoms with van der Waals surface area (Å²) in [6.07, 6.45) is 14.0. The third kappa shape index (κ3) is 3.03. The van der Waals surface area contributed by atoms with E-state index in [1.807, 2.05) is 0 Å². The zero-order valence-corrected chi connectivity index (χ0v) is 22.8.